The van der Waals surface area contributed by atoms with Gasteiger partial charge in [0.1, 0.15) is 5.82 Å². The lowest BCUT2D eigenvalue weighted by Gasteiger charge is -2.30. The minimum atomic E-state index is -0.345. The third kappa shape index (κ3) is 9.01. The molecule has 0 radical (unpaired) electrons. The number of aliphatic imine (C=N–C) groups is 1. The third-order valence-electron chi connectivity index (χ3n) is 3.47. The van der Waals surface area contributed by atoms with Crippen molar-refractivity contribution in [2.24, 2.45) is 10.4 Å². The number of benzene rings is 1. The van der Waals surface area contributed by atoms with Crippen LogP contribution < -0.4 is 16.0 Å². The van der Waals surface area contributed by atoms with Crippen molar-refractivity contribution in [3.05, 3.63) is 30.1 Å². The van der Waals surface area contributed by atoms with Gasteiger partial charge >= 0.3 is 0 Å². The largest absolute Gasteiger partial charge is 0.379 e. The fourth-order valence-electron chi connectivity index (χ4n) is 2.06. The van der Waals surface area contributed by atoms with Crippen LogP contribution >= 0.6 is 24.0 Å². The molecule has 8 heteroatoms. The molecule has 0 bridgehead atoms. The molecule has 3 N–H and O–H groups in total. The van der Waals surface area contributed by atoms with Crippen LogP contribution in [0.1, 0.15) is 20.8 Å². The first-order valence-electron chi connectivity index (χ1n) is 7.79. The Kier molecular flexibility index (Phi) is 10.6. The van der Waals surface area contributed by atoms with E-state index in [4.69, 9.17) is 4.74 Å². The smallest absolute Gasteiger partial charge is 0.243 e. The number of hydrogen-bond acceptors (Lipinski definition) is 3. The Hall–Kier alpha value is -1.42. The van der Waals surface area contributed by atoms with Crippen LogP contribution in [0.4, 0.5) is 10.1 Å². The molecular weight excluding hydrogens is 438 g/mol. The lowest BCUT2D eigenvalue weighted by molar-refractivity contribution is -0.115. The minimum absolute atomic E-state index is 0. The molecule has 1 atom stereocenters. The van der Waals surface area contributed by atoms with Crippen LogP contribution in [-0.2, 0) is 9.53 Å². The number of nitrogens with one attached hydrogen (secondary N) is 3. The van der Waals surface area contributed by atoms with E-state index in [1.54, 1.807) is 14.2 Å². The normalized spacial score (nSPS) is 12.8. The van der Waals surface area contributed by atoms with Crippen molar-refractivity contribution in [1.29, 1.82) is 0 Å². The Labute approximate surface area is 166 Å². The molecule has 0 fully saturated rings. The number of methoxy groups -OCH3 is 1. The van der Waals surface area contributed by atoms with Gasteiger partial charge in [-0.1, -0.05) is 20.8 Å². The van der Waals surface area contributed by atoms with E-state index in [1.807, 2.05) is 0 Å². The van der Waals surface area contributed by atoms with E-state index < -0.39 is 0 Å². The predicted octanol–water partition coefficient (Wildman–Crippen LogP) is 2.61. The summed E-state index contributed by atoms with van der Waals surface area (Å²) >= 11 is 0. The second-order valence-electron chi connectivity index (χ2n) is 6.45. The highest BCUT2D eigenvalue weighted by Gasteiger charge is 2.24. The summed E-state index contributed by atoms with van der Waals surface area (Å²) < 4.78 is 18.3. The lowest BCUT2D eigenvalue weighted by atomic mass is 9.89. The van der Waals surface area contributed by atoms with Crippen molar-refractivity contribution in [1.82, 2.24) is 10.6 Å². The van der Waals surface area contributed by atoms with Crippen LogP contribution in [0.3, 0.4) is 0 Å². The zero-order valence-electron chi connectivity index (χ0n) is 15.4. The van der Waals surface area contributed by atoms with Crippen molar-refractivity contribution in [2.45, 2.75) is 26.9 Å². The number of anilines is 1. The summed E-state index contributed by atoms with van der Waals surface area (Å²) in [6.45, 7) is 6.89. The van der Waals surface area contributed by atoms with Crippen molar-refractivity contribution in [3.63, 3.8) is 0 Å². The van der Waals surface area contributed by atoms with E-state index in [2.05, 4.69) is 41.7 Å². The molecule has 0 aliphatic rings. The summed E-state index contributed by atoms with van der Waals surface area (Å²) in [7, 11) is 3.30. The van der Waals surface area contributed by atoms with Crippen LogP contribution in [0.2, 0.25) is 0 Å². The molecule has 1 aromatic carbocycles. The van der Waals surface area contributed by atoms with Gasteiger partial charge in [-0.3, -0.25) is 9.79 Å². The minimum Gasteiger partial charge on any atom is -0.379 e. The molecule has 1 unspecified atom stereocenters. The SMILES string of the molecule is CN=C(NCC(=O)Nc1ccc(F)cc1)NCC(OC)C(C)(C)C.I. The maximum absolute atomic E-state index is 12.8. The van der Waals surface area contributed by atoms with Gasteiger partial charge in [0.15, 0.2) is 5.96 Å². The molecule has 0 spiro atoms. The third-order valence-corrected chi connectivity index (χ3v) is 3.47. The fraction of sp³-hybridized carbons (Fsp3) is 0.529. The number of guanidine groups is 1. The molecule has 142 valence electrons. The average molecular weight is 466 g/mol. The summed E-state index contributed by atoms with van der Waals surface area (Å²) in [5.74, 6) is -0.0819. The Bertz CT molecular complexity index is 559. The van der Waals surface area contributed by atoms with Gasteiger partial charge in [0, 0.05) is 26.4 Å². The number of hydrogen-bond donors (Lipinski definition) is 3. The highest BCUT2D eigenvalue weighted by molar-refractivity contribution is 14.0. The maximum atomic E-state index is 12.8. The Morgan fingerprint density at radius 1 is 1.24 bits per heavy atom. The van der Waals surface area contributed by atoms with Crippen molar-refractivity contribution >= 4 is 41.5 Å². The first-order chi connectivity index (χ1) is 11.3. The Morgan fingerprint density at radius 3 is 2.32 bits per heavy atom. The van der Waals surface area contributed by atoms with Gasteiger partial charge in [-0.2, -0.15) is 0 Å². The number of nitrogens with zero attached hydrogens (tertiary/aromatic N) is 1. The van der Waals surface area contributed by atoms with Gasteiger partial charge in [-0.15, -0.1) is 24.0 Å². The van der Waals surface area contributed by atoms with Crippen molar-refractivity contribution in [3.8, 4) is 0 Å². The molecule has 1 amide bonds. The van der Waals surface area contributed by atoms with E-state index in [0.717, 1.165) is 0 Å². The van der Waals surface area contributed by atoms with Gasteiger partial charge in [0.25, 0.3) is 0 Å². The van der Waals surface area contributed by atoms with Crippen LogP contribution in [-0.4, -0.2) is 45.2 Å². The molecule has 0 aliphatic heterocycles. The number of halogens is 2. The van der Waals surface area contributed by atoms with E-state index >= 15 is 0 Å². The lowest BCUT2D eigenvalue weighted by Crippen LogP contribution is -2.46. The predicted molar refractivity (Wildman–Crippen MR) is 110 cm³/mol. The highest BCUT2D eigenvalue weighted by atomic mass is 127. The van der Waals surface area contributed by atoms with E-state index in [9.17, 15) is 9.18 Å². The molecule has 0 saturated carbocycles. The van der Waals surface area contributed by atoms with Crippen LogP contribution in [0.15, 0.2) is 29.3 Å². The van der Waals surface area contributed by atoms with E-state index in [0.29, 0.717) is 18.2 Å². The van der Waals surface area contributed by atoms with Gasteiger partial charge in [0.05, 0.1) is 12.6 Å². The zero-order chi connectivity index (χ0) is 18.2. The molecule has 25 heavy (non-hydrogen) atoms. The zero-order valence-corrected chi connectivity index (χ0v) is 17.7. The standard InChI is InChI=1S/C17H27FN4O2.HI/c1-17(2,3)14(24-5)10-20-16(19-4)21-11-15(23)22-13-8-6-12(18)7-9-13;/h6-9,14H,10-11H2,1-5H3,(H,22,23)(H2,19,20,21);1H. The van der Waals surface area contributed by atoms with Gasteiger partial charge in [-0.05, 0) is 29.7 Å². The number of amides is 1. The van der Waals surface area contributed by atoms with Gasteiger partial charge in [0.2, 0.25) is 5.91 Å². The summed E-state index contributed by atoms with van der Waals surface area (Å²) in [4.78, 5) is 16.0. The Morgan fingerprint density at radius 2 is 1.84 bits per heavy atom. The molecule has 0 saturated heterocycles. The molecular formula is C17H28FIN4O2. The van der Waals surface area contributed by atoms with Crippen LogP contribution in [0.25, 0.3) is 0 Å². The highest BCUT2D eigenvalue weighted by Crippen LogP contribution is 2.20. The van der Waals surface area contributed by atoms with Gasteiger partial charge < -0.3 is 20.7 Å². The Balaban J connectivity index is 0.00000576. The van der Waals surface area contributed by atoms with Gasteiger partial charge in [-0.25, -0.2) is 4.39 Å². The second-order valence-corrected chi connectivity index (χ2v) is 6.45. The van der Waals surface area contributed by atoms with Crippen molar-refractivity contribution in [2.75, 3.05) is 32.6 Å². The molecule has 0 heterocycles. The van der Waals surface area contributed by atoms with E-state index in [1.165, 1.54) is 24.3 Å². The number of rotatable bonds is 6. The fourth-order valence-corrected chi connectivity index (χ4v) is 2.06. The summed E-state index contributed by atoms with van der Waals surface area (Å²) in [6.07, 6.45) is 0.00379. The first kappa shape index (κ1) is 23.6. The molecule has 0 aromatic heterocycles. The number of carbonyl (C=O) groups is 1. The number of ether oxygens (including phenoxy) is 1. The first-order valence-corrected chi connectivity index (χ1v) is 7.79. The molecule has 0 aliphatic carbocycles. The monoisotopic (exact) mass is 466 g/mol. The summed E-state index contributed by atoms with van der Waals surface area (Å²) in [6, 6.07) is 5.60. The molecule has 1 aromatic rings. The summed E-state index contributed by atoms with van der Waals surface area (Å²) in [5, 5.41) is 8.74. The molecule has 6 nitrogen and oxygen atoms in total. The quantitative estimate of drug-likeness (QED) is 0.343. The van der Waals surface area contributed by atoms with Crippen LogP contribution in [0, 0.1) is 11.2 Å². The average Bonchev–Trinajstić information content (AvgIpc) is 2.51. The summed E-state index contributed by atoms with van der Waals surface area (Å²) in [5.41, 5.74) is 0.527. The van der Waals surface area contributed by atoms with Crippen LogP contribution in [0.5, 0.6) is 0 Å². The topological polar surface area (TPSA) is 74.8 Å². The number of carbonyl (C=O) groups excluding carboxylic acids is 1. The second kappa shape index (κ2) is 11.2. The molecule has 1 rings (SSSR count). The van der Waals surface area contributed by atoms with E-state index in [-0.39, 0.29) is 53.8 Å². The maximum Gasteiger partial charge on any atom is 0.243 e. The van der Waals surface area contributed by atoms with Crippen molar-refractivity contribution < 1.29 is 13.9 Å².